The summed E-state index contributed by atoms with van der Waals surface area (Å²) < 4.78 is 7.84. The van der Waals surface area contributed by atoms with Crippen molar-refractivity contribution in [1.82, 2.24) is 20.1 Å². The number of nitrogens with zero attached hydrogens (tertiary/aromatic N) is 4. The summed E-state index contributed by atoms with van der Waals surface area (Å²) in [6.07, 6.45) is 5.31. The van der Waals surface area contributed by atoms with Crippen LogP contribution in [0.5, 0.6) is 5.75 Å². The second kappa shape index (κ2) is 8.46. The Morgan fingerprint density at radius 1 is 1.42 bits per heavy atom. The van der Waals surface area contributed by atoms with Crippen LogP contribution in [0.3, 0.4) is 0 Å². The number of unbranched alkanes of at least 4 members (excludes halogenated alkanes) is 1. The van der Waals surface area contributed by atoms with Crippen molar-refractivity contribution in [3.63, 3.8) is 0 Å². The van der Waals surface area contributed by atoms with Crippen molar-refractivity contribution in [2.45, 2.75) is 38.8 Å². The number of nitriles is 1. The van der Waals surface area contributed by atoms with Gasteiger partial charge in [-0.3, -0.25) is 0 Å². The van der Waals surface area contributed by atoms with E-state index in [1.807, 2.05) is 18.5 Å². The molecule has 126 valence electrons. The molecule has 3 rings (SSSR count). The molecular weight excluding hydrogens is 302 g/mol. The Morgan fingerprint density at radius 2 is 2.38 bits per heavy atom. The van der Waals surface area contributed by atoms with Crippen molar-refractivity contribution in [3.8, 4) is 11.8 Å². The summed E-state index contributed by atoms with van der Waals surface area (Å²) >= 11 is 0. The highest BCUT2D eigenvalue weighted by molar-refractivity contribution is 5.28. The van der Waals surface area contributed by atoms with E-state index in [4.69, 9.17) is 10.00 Å². The zero-order valence-corrected chi connectivity index (χ0v) is 13.8. The quantitative estimate of drug-likeness (QED) is 0.754. The number of nitrogens with one attached hydrogen (secondary N) is 1. The summed E-state index contributed by atoms with van der Waals surface area (Å²) in [5.74, 6) is 2.60. The number of ether oxygens (including phenoxy) is 1. The lowest BCUT2D eigenvalue weighted by Gasteiger charge is -2.23. The maximum atomic E-state index is 8.53. The second-order valence-corrected chi connectivity index (χ2v) is 6.19. The highest BCUT2D eigenvalue weighted by Gasteiger charge is 2.18. The van der Waals surface area contributed by atoms with Gasteiger partial charge in [-0.25, -0.2) is 0 Å². The number of hydrogen-bond acceptors (Lipinski definition) is 5. The van der Waals surface area contributed by atoms with Gasteiger partial charge in [0.1, 0.15) is 17.9 Å². The molecule has 6 heteroatoms. The van der Waals surface area contributed by atoms with Crippen LogP contribution in [0.25, 0.3) is 0 Å². The van der Waals surface area contributed by atoms with E-state index in [0.717, 1.165) is 50.5 Å². The number of benzene rings is 1. The predicted octanol–water partition coefficient (Wildman–Crippen LogP) is 2.31. The van der Waals surface area contributed by atoms with Crippen LogP contribution in [0, 0.1) is 17.2 Å². The molecule has 0 aliphatic carbocycles. The molecule has 1 aromatic heterocycles. The molecule has 6 nitrogen and oxygen atoms in total. The number of fused-ring (bicyclic) bond motifs is 1. The Bertz CT molecular complexity index is 691. The van der Waals surface area contributed by atoms with Gasteiger partial charge in [0.05, 0.1) is 12.7 Å². The Hall–Kier alpha value is -2.39. The predicted molar refractivity (Wildman–Crippen MR) is 90.3 cm³/mol. The molecule has 0 unspecified atom stereocenters. The van der Waals surface area contributed by atoms with Crippen LogP contribution in [0.15, 0.2) is 30.6 Å². The van der Waals surface area contributed by atoms with E-state index in [9.17, 15) is 0 Å². The van der Waals surface area contributed by atoms with Gasteiger partial charge in [0.25, 0.3) is 0 Å². The third kappa shape index (κ3) is 4.56. The molecule has 0 radical (unpaired) electrons. The lowest BCUT2D eigenvalue weighted by atomic mass is 9.99. The first-order valence-corrected chi connectivity index (χ1v) is 8.51. The van der Waals surface area contributed by atoms with E-state index in [-0.39, 0.29) is 0 Å². The standard InChI is InChI=1S/C18H23N5O/c19-8-1-2-9-24-17-5-3-4-15(10-17)11-20-12-16-6-7-18-22-21-14-23(18)13-16/h3-5,10,14,16,20H,1-2,6-7,9,11-13H2/t16-/m1/s1. The molecule has 1 aliphatic heterocycles. The fourth-order valence-electron chi connectivity index (χ4n) is 3.00. The summed E-state index contributed by atoms with van der Waals surface area (Å²) in [6.45, 7) is 3.41. The summed E-state index contributed by atoms with van der Waals surface area (Å²) in [7, 11) is 0. The first-order valence-electron chi connectivity index (χ1n) is 8.51. The molecule has 0 bridgehead atoms. The van der Waals surface area contributed by atoms with Crippen LogP contribution >= 0.6 is 0 Å². The molecule has 0 amide bonds. The van der Waals surface area contributed by atoms with Crippen LogP contribution in [0.1, 0.15) is 30.7 Å². The molecule has 24 heavy (non-hydrogen) atoms. The fraction of sp³-hybridized carbons (Fsp3) is 0.500. The van der Waals surface area contributed by atoms with E-state index in [0.29, 0.717) is 18.9 Å². The van der Waals surface area contributed by atoms with Crippen LogP contribution in [-0.2, 0) is 19.5 Å². The zero-order valence-electron chi connectivity index (χ0n) is 13.8. The van der Waals surface area contributed by atoms with Crippen molar-refractivity contribution < 1.29 is 4.74 Å². The highest BCUT2D eigenvalue weighted by atomic mass is 16.5. The molecule has 1 aromatic carbocycles. The Morgan fingerprint density at radius 3 is 3.29 bits per heavy atom. The monoisotopic (exact) mass is 325 g/mol. The van der Waals surface area contributed by atoms with Gasteiger partial charge in [-0.05, 0) is 43.0 Å². The second-order valence-electron chi connectivity index (χ2n) is 6.19. The van der Waals surface area contributed by atoms with Crippen LogP contribution in [0.4, 0.5) is 0 Å². The minimum Gasteiger partial charge on any atom is -0.494 e. The van der Waals surface area contributed by atoms with Crippen molar-refractivity contribution in [2.75, 3.05) is 13.2 Å². The third-order valence-electron chi connectivity index (χ3n) is 4.29. The van der Waals surface area contributed by atoms with Gasteiger partial charge in [-0.15, -0.1) is 10.2 Å². The largest absolute Gasteiger partial charge is 0.494 e. The molecule has 1 atom stereocenters. The Kier molecular flexibility index (Phi) is 5.80. The summed E-state index contributed by atoms with van der Waals surface area (Å²) in [6, 6.07) is 10.3. The van der Waals surface area contributed by atoms with Crippen molar-refractivity contribution in [2.24, 2.45) is 5.92 Å². The van der Waals surface area contributed by atoms with Gasteiger partial charge in [-0.2, -0.15) is 5.26 Å². The number of hydrogen-bond donors (Lipinski definition) is 1. The Balaban J connectivity index is 1.41. The summed E-state index contributed by atoms with van der Waals surface area (Å²) in [5.41, 5.74) is 1.22. The molecule has 1 N–H and O–H groups in total. The normalized spacial score (nSPS) is 16.4. The molecule has 0 saturated carbocycles. The summed E-state index contributed by atoms with van der Waals surface area (Å²) in [5, 5.41) is 20.2. The fourth-order valence-corrected chi connectivity index (χ4v) is 3.00. The average molecular weight is 325 g/mol. The molecule has 1 aliphatic rings. The van der Waals surface area contributed by atoms with Gasteiger partial charge >= 0.3 is 0 Å². The van der Waals surface area contributed by atoms with Crippen LogP contribution in [0.2, 0.25) is 0 Å². The third-order valence-corrected chi connectivity index (χ3v) is 4.29. The van der Waals surface area contributed by atoms with Crippen LogP contribution < -0.4 is 10.1 Å². The van der Waals surface area contributed by atoms with E-state index >= 15 is 0 Å². The topological polar surface area (TPSA) is 75.8 Å². The summed E-state index contributed by atoms with van der Waals surface area (Å²) in [4.78, 5) is 0. The van der Waals surface area contributed by atoms with Crippen LogP contribution in [-0.4, -0.2) is 27.9 Å². The first kappa shape index (κ1) is 16.5. The maximum absolute atomic E-state index is 8.53. The average Bonchev–Trinajstić information content (AvgIpc) is 3.07. The number of aryl methyl sites for hydroxylation is 1. The van der Waals surface area contributed by atoms with Crippen molar-refractivity contribution >= 4 is 0 Å². The number of rotatable bonds is 8. The van der Waals surface area contributed by atoms with E-state index < -0.39 is 0 Å². The van der Waals surface area contributed by atoms with Crippen molar-refractivity contribution in [3.05, 3.63) is 42.0 Å². The molecule has 0 spiro atoms. The molecule has 0 fully saturated rings. The van der Waals surface area contributed by atoms with Gasteiger partial charge in [0, 0.05) is 25.9 Å². The van der Waals surface area contributed by atoms with Gasteiger partial charge in [0.15, 0.2) is 0 Å². The number of aromatic nitrogens is 3. The molecule has 2 heterocycles. The van der Waals surface area contributed by atoms with Crippen molar-refractivity contribution in [1.29, 1.82) is 5.26 Å². The first-order chi connectivity index (χ1) is 11.8. The zero-order chi connectivity index (χ0) is 16.6. The minimum atomic E-state index is 0.538. The van der Waals surface area contributed by atoms with Gasteiger partial charge in [-0.1, -0.05) is 12.1 Å². The minimum absolute atomic E-state index is 0.538. The maximum Gasteiger partial charge on any atom is 0.132 e. The molecular formula is C18H23N5O. The lowest BCUT2D eigenvalue weighted by Crippen LogP contribution is -2.29. The smallest absolute Gasteiger partial charge is 0.132 e. The molecule has 0 saturated heterocycles. The lowest BCUT2D eigenvalue weighted by molar-refractivity contribution is 0.312. The van der Waals surface area contributed by atoms with E-state index in [1.54, 1.807) is 0 Å². The Labute approximate surface area is 142 Å². The van der Waals surface area contributed by atoms with E-state index in [1.165, 1.54) is 5.56 Å². The van der Waals surface area contributed by atoms with Gasteiger partial charge in [0.2, 0.25) is 0 Å². The highest BCUT2D eigenvalue weighted by Crippen LogP contribution is 2.18. The molecule has 2 aromatic rings. The van der Waals surface area contributed by atoms with Gasteiger partial charge < -0.3 is 14.6 Å². The SMILES string of the molecule is N#CCCCOc1cccc(CNC[C@H]2CCc3nncn3C2)c1. The van der Waals surface area contributed by atoms with E-state index in [2.05, 4.69) is 38.3 Å².